The molecule has 2 aromatic rings. The summed E-state index contributed by atoms with van der Waals surface area (Å²) in [5.41, 5.74) is 6.89. The highest BCUT2D eigenvalue weighted by atomic mass is 32.1. The third-order valence-corrected chi connectivity index (χ3v) is 4.71. The van der Waals surface area contributed by atoms with Crippen molar-refractivity contribution in [3.8, 4) is 0 Å². The second-order valence-corrected chi connectivity index (χ2v) is 6.27. The number of nitrogens with two attached hydrogens (primary N) is 1. The summed E-state index contributed by atoms with van der Waals surface area (Å²) in [6.07, 6.45) is 2.32. The van der Waals surface area contributed by atoms with E-state index in [-0.39, 0.29) is 6.04 Å². The highest BCUT2D eigenvalue weighted by molar-refractivity contribution is 7.12. The molecule has 3 N–H and O–H groups in total. The number of hydrogen-bond donors (Lipinski definition) is 2. The summed E-state index contributed by atoms with van der Waals surface area (Å²) in [5, 5.41) is 0. The van der Waals surface area contributed by atoms with E-state index in [1.165, 1.54) is 32.9 Å². The first kappa shape index (κ1) is 14.3. The minimum Gasteiger partial charge on any atom is -0.271 e. The van der Waals surface area contributed by atoms with Crippen LogP contribution in [0.3, 0.4) is 0 Å². The largest absolute Gasteiger partial charge is 0.271 e. The van der Waals surface area contributed by atoms with E-state index in [0.29, 0.717) is 0 Å². The van der Waals surface area contributed by atoms with Gasteiger partial charge in [-0.05, 0) is 43.0 Å². The Morgan fingerprint density at radius 3 is 2.37 bits per heavy atom. The van der Waals surface area contributed by atoms with Gasteiger partial charge in [-0.2, -0.15) is 0 Å². The van der Waals surface area contributed by atoms with Gasteiger partial charge in [0.1, 0.15) is 0 Å². The summed E-state index contributed by atoms with van der Waals surface area (Å²) in [4.78, 5) is 2.64. The number of hydrogen-bond acceptors (Lipinski definition) is 3. The molecular formula is C16H22N2S. The maximum atomic E-state index is 5.75. The minimum absolute atomic E-state index is 0.0908. The summed E-state index contributed by atoms with van der Waals surface area (Å²) < 4.78 is 0. The summed E-state index contributed by atoms with van der Waals surface area (Å²) >= 11 is 1.81. The normalized spacial score (nSPS) is 12.6. The molecule has 0 fully saturated rings. The molecule has 102 valence electrons. The molecule has 0 amide bonds. The quantitative estimate of drug-likeness (QED) is 0.641. The Hall–Kier alpha value is -1.16. The molecule has 1 aromatic heterocycles. The SMILES string of the molecule is CCCc1ccc(C(NN)c2cc(C)c(C)s2)cc1. The van der Waals surface area contributed by atoms with E-state index < -0.39 is 0 Å². The molecule has 0 aliphatic carbocycles. The molecule has 0 saturated carbocycles. The zero-order valence-corrected chi connectivity index (χ0v) is 12.7. The van der Waals surface area contributed by atoms with E-state index in [0.717, 1.165) is 6.42 Å². The summed E-state index contributed by atoms with van der Waals surface area (Å²) in [5.74, 6) is 5.75. The molecule has 2 nitrogen and oxygen atoms in total. The van der Waals surface area contributed by atoms with E-state index in [4.69, 9.17) is 5.84 Å². The molecular weight excluding hydrogens is 252 g/mol. The van der Waals surface area contributed by atoms with Crippen molar-refractivity contribution in [3.05, 3.63) is 56.8 Å². The van der Waals surface area contributed by atoms with Crippen LogP contribution in [0.25, 0.3) is 0 Å². The van der Waals surface area contributed by atoms with Gasteiger partial charge in [-0.15, -0.1) is 11.3 Å². The van der Waals surface area contributed by atoms with Crippen LogP contribution in [-0.2, 0) is 6.42 Å². The smallest absolute Gasteiger partial charge is 0.0802 e. The van der Waals surface area contributed by atoms with Gasteiger partial charge in [0, 0.05) is 9.75 Å². The predicted octanol–water partition coefficient (Wildman–Crippen LogP) is 3.87. The summed E-state index contributed by atoms with van der Waals surface area (Å²) in [6, 6.07) is 11.1. The highest BCUT2D eigenvalue weighted by Gasteiger charge is 2.15. The van der Waals surface area contributed by atoms with Crippen LogP contribution in [0.2, 0.25) is 0 Å². The Morgan fingerprint density at radius 2 is 1.89 bits per heavy atom. The van der Waals surface area contributed by atoms with E-state index in [9.17, 15) is 0 Å². The predicted molar refractivity (Wildman–Crippen MR) is 83.4 cm³/mol. The maximum absolute atomic E-state index is 5.75. The first-order chi connectivity index (χ1) is 9.15. The van der Waals surface area contributed by atoms with Crippen molar-refractivity contribution in [1.29, 1.82) is 0 Å². The van der Waals surface area contributed by atoms with Gasteiger partial charge in [0.05, 0.1) is 6.04 Å². The number of aryl methyl sites for hydroxylation is 3. The van der Waals surface area contributed by atoms with Crippen molar-refractivity contribution < 1.29 is 0 Å². The molecule has 0 aliphatic rings. The molecule has 1 unspecified atom stereocenters. The van der Waals surface area contributed by atoms with Crippen molar-refractivity contribution >= 4 is 11.3 Å². The fourth-order valence-corrected chi connectivity index (χ4v) is 3.38. The molecule has 3 heteroatoms. The molecule has 0 saturated heterocycles. The zero-order valence-electron chi connectivity index (χ0n) is 11.9. The molecule has 1 heterocycles. The number of thiophene rings is 1. The lowest BCUT2D eigenvalue weighted by atomic mass is 10.0. The van der Waals surface area contributed by atoms with Crippen LogP contribution in [0.4, 0.5) is 0 Å². The van der Waals surface area contributed by atoms with E-state index >= 15 is 0 Å². The lowest BCUT2D eigenvalue weighted by Gasteiger charge is -2.15. The monoisotopic (exact) mass is 274 g/mol. The Bertz CT molecular complexity index is 509. The number of hydrazine groups is 1. The van der Waals surface area contributed by atoms with Gasteiger partial charge in [0.25, 0.3) is 0 Å². The van der Waals surface area contributed by atoms with Crippen LogP contribution >= 0.6 is 11.3 Å². The van der Waals surface area contributed by atoms with Gasteiger partial charge < -0.3 is 0 Å². The second-order valence-electron chi connectivity index (χ2n) is 4.98. The van der Waals surface area contributed by atoms with Crippen molar-refractivity contribution in [2.24, 2.45) is 5.84 Å². The van der Waals surface area contributed by atoms with Crippen LogP contribution in [0, 0.1) is 13.8 Å². The fourth-order valence-electron chi connectivity index (χ4n) is 2.25. The van der Waals surface area contributed by atoms with Gasteiger partial charge in [-0.1, -0.05) is 37.6 Å². The van der Waals surface area contributed by atoms with Crippen LogP contribution in [-0.4, -0.2) is 0 Å². The van der Waals surface area contributed by atoms with Crippen LogP contribution in [0.15, 0.2) is 30.3 Å². The van der Waals surface area contributed by atoms with E-state index in [1.807, 2.05) is 11.3 Å². The molecule has 1 aromatic carbocycles. The van der Waals surface area contributed by atoms with Crippen molar-refractivity contribution in [2.75, 3.05) is 0 Å². The van der Waals surface area contributed by atoms with Gasteiger partial charge >= 0.3 is 0 Å². The number of nitrogens with one attached hydrogen (secondary N) is 1. The molecule has 0 spiro atoms. The maximum Gasteiger partial charge on any atom is 0.0802 e. The molecule has 19 heavy (non-hydrogen) atoms. The van der Waals surface area contributed by atoms with Gasteiger partial charge in [0.2, 0.25) is 0 Å². The average molecular weight is 274 g/mol. The van der Waals surface area contributed by atoms with Gasteiger partial charge in [-0.25, -0.2) is 5.43 Å². The molecule has 1 atom stereocenters. The number of benzene rings is 1. The third kappa shape index (κ3) is 3.24. The van der Waals surface area contributed by atoms with E-state index in [2.05, 4.69) is 56.5 Å². The molecule has 0 bridgehead atoms. The first-order valence-corrected chi connectivity index (χ1v) is 7.59. The van der Waals surface area contributed by atoms with Crippen LogP contribution in [0.5, 0.6) is 0 Å². The van der Waals surface area contributed by atoms with Crippen LogP contribution < -0.4 is 11.3 Å². The second kappa shape index (κ2) is 6.33. The minimum atomic E-state index is 0.0908. The first-order valence-electron chi connectivity index (χ1n) is 6.77. The highest BCUT2D eigenvalue weighted by Crippen LogP contribution is 2.30. The standard InChI is InChI=1S/C16H22N2S/c1-4-5-13-6-8-14(9-7-13)16(18-17)15-10-11(2)12(3)19-15/h6-10,16,18H,4-5,17H2,1-3H3. The number of rotatable bonds is 5. The van der Waals surface area contributed by atoms with Crippen LogP contribution in [0.1, 0.15) is 45.8 Å². The topological polar surface area (TPSA) is 38.0 Å². The lowest BCUT2D eigenvalue weighted by Crippen LogP contribution is -2.28. The molecule has 2 rings (SSSR count). The molecule has 0 aliphatic heterocycles. The fraction of sp³-hybridized carbons (Fsp3) is 0.375. The Balaban J connectivity index is 2.26. The van der Waals surface area contributed by atoms with Gasteiger partial charge in [-0.3, -0.25) is 5.84 Å². The summed E-state index contributed by atoms with van der Waals surface area (Å²) in [6.45, 7) is 6.50. The van der Waals surface area contributed by atoms with Gasteiger partial charge in [0.15, 0.2) is 0 Å². The summed E-state index contributed by atoms with van der Waals surface area (Å²) in [7, 11) is 0. The lowest BCUT2D eigenvalue weighted by molar-refractivity contribution is 0.646. The molecule has 0 radical (unpaired) electrons. The van der Waals surface area contributed by atoms with Crippen molar-refractivity contribution in [1.82, 2.24) is 5.43 Å². The van der Waals surface area contributed by atoms with Crippen molar-refractivity contribution in [3.63, 3.8) is 0 Å². The Labute approximate surface area is 119 Å². The zero-order chi connectivity index (χ0) is 13.8. The van der Waals surface area contributed by atoms with E-state index in [1.54, 1.807) is 0 Å². The third-order valence-electron chi connectivity index (χ3n) is 3.49. The Morgan fingerprint density at radius 1 is 1.21 bits per heavy atom. The Kier molecular flexibility index (Phi) is 4.75. The van der Waals surface area contributed by atoms with Crippen molar-refractivity contribution in [2.45, 2.75) is 39.7 Å². The average Bonchev–Trinajstić information content (AvgIpc) is 2.73.